The molecule has 0 saturated carbocycles. The molecule has 9 aromatic carbocycles. The van der Waals surface area contributed by atoms with Gasteiger partial charge in [0.05, 0.1) is 59.1 Å². The Labute approximate surface area is 364 Å². The molecule has 0 N–H and O–H groups in total. The summed E-state index contributed by atoms with van der Waals surface area (Å²) < 4.78 is 321. The molecule has 0 unspecified atom stereocenters. The van der Waals surface area contributed by atoms with Crippen LogP contribution in [0.1, 0.15) is 48.0 Å². The summed E-state index contributed by atoms with van der Waals surface area (Å²) >= 11 is 0. The van der Waals surface area contributed by atoms with Gasteiger partial charge in [-0.1, -0.05) is 163 Å². The lowest BCUT2D eigenvalue weighted by atomic mass is 9.91. The Balaban J connectivity index is 1.43. The van der Waals surface area contributed by atoms with Gasteiger partial charge in [0.25, 0.3) is 0 Å². The minimum atomic E-state index is -1.41. The van der Waals surface area contributed by atoms with Crippen LogP contribution >= 0.6 is 0 Å². The zero-order valence-electron chi connectivity index (χ0n) is 61.9. The molecule has 0 saturated heterocycles. The normalized spacial score (nSPS) is 20.4. The van der Waals surface area contributed by atoms with E-state index in [4.69, 9.17) is 34.6 Å². The Kier molecular flexibility index (Phi) is 2.97. The number of nitrogens with zero attached hydrogens (tertiary/aromatic N) is 1. The maximum absolute atomic E-state index is 9.86. The molecule has 0 aliphatic carbocycles. The van der Waals surface area contributed by atoms with Crippen molar-refractivity contribution in [3.63, 3.8) is 0 Å². The van der Waals surface area contributed by atoms with Gasteiger partial charge in [-0.2, -0.15) is 0 Å². The molecular weight excluding hydrogens is 655 g/mol. The second-order valence-corrected chi connectivity index (χ2v) is 11.0. The number of fused-ring (bicyclic) bond motifs is 5. The quantitative estimate of drug-likeness (QED) is 0.163. The summed E-state index contributed by atoms with van der Waals surface area (Å²) in [6.45, 7) is 0. The minimum absolute atomic E-state index is 0.334. The molecule has 2 nitrogen and oxygen atoms in total. The molecule has 0 spiro atoms. The van der Waals surface area contributed by atoms with Gasteiger partial charge in [-0.3, -0.25) is 0 Å². The van der Waals surface area contributed by atoms with Gasteiger partial charge < -0.3 is 9.32 Å². The molecule has 1 heterocycles. The fourth-order valence-corrected chi connectivity index (χ4v) is 5.57. The lowest BCUT2D eigenvalue weighted by Crippen LogP contribution is -2.10. The lowest BCUT2D eigenvalue weighted by molar-refractivity contribution is 0.672. The minimum Gasteiger partial charge on any atom is -0.455 e. The Morgan fingerprint density at radius 3 is 1.57 bits per heavy atom. The van der Waals surface area contributed by atoms with Crippen LogP contribution in [0.25, 0.3) is 77.2 Å². The van der Waals surface area contributed by atoms with Gasteiger partial charge in [0.15, 0.2) is 0 Å². The van der Waals surface area contributed by atoms with Crippen LogP contribution in [-0.2, 0) is 0 Å². The molecule has 0 atom stereocenters. The van der Waals surface area contributed by atoms with Gasteiger partial charge in [-0.05, 0) is 98.2 Å². The lowest BCUT2D eigenvalue weighted by Gasteiger charge is -2.26. The summed E-state index contributed by atoms with van der Waals surface area (Å²) in [6.07, 6.45) is 0. The van der Waals surface area contributed by atoms with Crippen molar-refractivity contribution >= 4 is 49.8 Å². The first kappa shape index (κ1) is 11.9. The van der Waals surface area contributed by atoms with Gasteiger partial charge >= 0.3 is 0 Å². The highest BCUT2D eigenvalue weighted by atomic mass is 16.3. The Hall–Kier alpha value is -7.16. The third kappa shape index (κ3) is 5.62. The van der Waals surface area contributed by atoms with Crippen LogP contribution in [0.4, 0.5) is 17.1 Å². The highest BCUT2D eigenvalue weighted by molar-refractivity contribution is 6.19. The zero-order chi connectivity index (χ0) is 66.3. The maximum Gasteiger partial charge on any atom is 0.143 e. The van der Waals surface area contributed by atoms with Gasteiger partial charge in [0.2, 0.25) is 0 Å². The second kappa shape index (κ2) is 13.4. The second-order valence-electron chi connectivity index (χ2n) is 11.0. The van der Waals surface area contributed by atoms with Crippen molar-refractivity contribution in [2.75, 3.05) is 4.90 Å². The van der Waals surface area contributed by atoms with Crippen LogP contribution in [0, 0.1) is 0 Å². The van der Waals surface area contributed by atoms with Crippen molar-refractivity contribution < 1.29 is 52.4 Å². The van der Waals surface area contributed by atoms with Crippen LogP contribution in [0.3, 0.4) is 0 Å². The van der Waals surface area contributed by atoms with E-state index in [1.165, 1.54) is 0 Å². The first-order chi connectivity index (χ1) is 41.4. The third-order valence-electron chi connectivity index (χ3n) is 7.94. The van der Waals surface area contributed by atoms with E-state index in [2.05, 4.69) is 0 Å². The summed E-state index contributed by atoms with van der Waals surface area (Å²) in [5.74, 6) is 0. The molecule has 10 rings (SSSR count). The van der Waals surface area contributed by atoms with Crippen LogP contribution in [0.15, 0.2) is 216 Å². The van der Waals surface area contributed by atoms with E-state index < -0.39 is 306 Å². The fourth-order valence-electron chi connectivity index (χ4n) is 5.57. The molecule has 0 amide bonds. The van der Waals surface area contributed by atoms with E-state index >= 15 is 0 Å². The number of hydrogen-bond acceptors (Lipinski definition) is 2. The van der Waals surface area contributed by atoms with Crippen molar-refractivity contribution in [3.8, 4) is 44.5 Å². The van der Waals surface area contributed by atoms with E-state index in [1.807, 2.05) is 0 Å². The zero-order valence-corrected chi connectivity index (χ0v) is 26.9. The van der Waals surface area contributed by atoms with Crippen molar-refractivity contribution in [1.29, 1.82) is 0 Å². The summed E-state index contributed by atoms with van der Waals surface area (Å²) in [4.78, 5) is 0.334. The average molecular weight is 725 g/mol. The highest BCUT2D eigenvalue weighted by Crippen LogP contribution is 2.45. The maximum atomic E-state index is 9.86. The number of hydrogen-bond donors (Lipinski definition) is 0. The van der Waals surface area contributed by atoms with Gasteiger partial charge in [-0.15, -0.1) is 0 Å². The SMILES string of the molecule is [2H]c1c([2H])c([2H])c(-c2c([2H])c([2H])c(N(c3c([2H])c([2H])c(-c4c([2H])c([2H])c(-c5c([2H])c([2H])c([2H])c([2H])c5[2H])c(-c5c([2H])c([2H])c([2H])c([2H])c5[2H])c4[2H])c([2H])c3[2H])c3c([2H])c([2H])c([2H])c4oc5c6c([2H])c([2H])c([2H])c([2H])c6c([2H])c([2H])c5c34)c([2H])c2[2H])c([2H])c1[2H]. The van der Waals surface area contributed by atoms with Crippen molar-refractivity contribution in [2.45, 2.75) is 0 Å². The van der Waals surface area contributed by atoms with Crippen LogP contribution in [0.2, 0.25) is 0 Å². The van der Waals surface area contributed by atoms with E-state index in [-0.39, 0.29) is 0 Å². The molecule has 10 aromatic rings. The van der Waals surface area contributed by atoms with Crippen LogP contribution in [0.5, 0.6) is 0 Å². The topological polar surface area (TPSA) is 16.4 Å². The number of furan rings is 1. The number of benzene rings is 9. The van der Waals surface area contributed by atoms with E-state index in [0.29, 0.717) is 4.90 Å². The van der Waals surface area contributed by atoms with Crippen molar-refractivity contribution in [2.24, 2.45) is 0 Å². The predicted molar refractivity (Wildman–Crippen MR) is 228 cm³/mol. The molecule has 0 aliphatic rings. The summed E-state index contributed by atoms with van der Waals surface area (Å²) in [6, 6.07) is -38.6. The summed E-state index contributed by atoms with van der Waals surface area (Å²) in [7, 11) is 0. The van der Waals surface area contributed by atoms with Gasteiger partial charge in [0, 0.05) is 22.1 Å². The smallest absolute Gasteiger partial charge is 0.143 e. The fraction of sp³-hybridized carbons (Fsp3) is 0. The summed E-state index contributed by atoms with van der Waals surface area (Å²) in [5, 5.41) is -2.69. The van der Waals surface area contributed by atoms with Crippen LogP contribution < -0.4 is 4.90 Å². The Bertz CT molecular complexity index is 4830. The van der Waals surface area contributed by atoms with E-state index in [9.17, 15) is 17.8 Å². The molecule has 0 fully saturated rings. The summed E-state index contributed by atoms with van der Waals surface area (Å²) in [5.41, 5.74) is -13.0. The number of anilines is 3. The van der Waals surface area contributed by atoms with E-state index in [1.54, 1.807) is 0 Å². The first-order valence-electron chi connectivity index (χ1n) is 33.1. The molecule has 54 heavy (non-hydrogen) atoms. The van der Waals surface area contributed by atoms with Crippen molar-refractivity contribution in [3.05, 3.63) is 211 Å². The molecule has 0 radical (unpaired) electrons. The van der Waals surface area contributed by atoms with Crippen LogP contribution in [-0.4, -0.2) is 0 Å². The Morgan fingerprint density at radius 1 is 0.370 bits per heavy atom. The van der Waals surface area contributed by atoms with Gasteiger partial charge in [0.1, 0.15) is 11.2 Å². The monoisotopic (exact) mass is 724 g/mol. The molecule has 254 valence electrons. The van der Waals surface area contributed by atoms with Gasteiger partial charge in [-0.25, -0.2) is 0 Å². The predicted octanol–water partition coefficient (Wildman–Crippen LogP) is 14.9. The average Bonchev–Trinajstić information content (AvgIpc) is 1.70. The molecule has 1 aromatic heterocycles. The highest BCUT2D eigenvalue weighted by Gasteiger charge is 2.21. The number of rotatable bonds is 7. The third-order valence-corrected chi connectivity index (χ3v) is 7.94. The van der Waals surface area contributed by atoms with E-state index in [0.717, 1.165) is 0 Å². The molecule has 2 heteroatoms. The largest absolute Gasteiger partial charge is 0.455 e. The molecule has 0 aliphatic heterocycles. The molecule has 0 bridgehead atoms. The molecular formula is C52H35NO. The Morgan fingerprint density at radius 2 is 0.907 bits per heavy atom. The standard InChI is InChI=1S/C52H35NO/c1-4-13-36(14-5-1)37-23-29-43(30-24-37)53(49-21-12-22-50-51(49)47-34-27-41-19-10-11-20-46(41)52(47)54-50)44-31-25-38(26-32-44)42-28-33-45(39-15-6-2-7-16-39)48(35-42)40-17-8-3-9-18-40/h1-35H/i1D,2D,3D,4D,5D,6D,7D,8D,9D,10D,11D,12D,13D,14D,15D,16D,17D,18D,19D,20D,21D,22D,23D,24D,25D,26D,27D,28D,29D,30D,31D,32D,33D,34D,35D. The first-order valence-corrected chi connectivity index (χ1v) is 15.6. The van der Waals surface area contributed by atoms with Crippen molar-refractivity contribution in [1.82, 2.24) is 0 Å².